The highest BCUT2D eigenvalue weighted by Gasteiger charge is 1.91. The second-order valence-corrected chi connectivity index (χ2v) is 2.36. The summed E-state index contributed by atoms with van der Waals surface area (Å²) in [4.78, 5) is 0. The molecule has 0 saturated heterocycles. The maximum Gasteiger partial charge on any atom is 0.0311 e. The van der Waals surface area contributed by atoms with E-state index in [1.54, 1.807) is 6.08 Å². The van der Waals surface area contributed by atoms with E-state index in [2.05, 4.69) is 13.2 Å². The predicted octanol–water partition coefficient (Wildman–Crippen LogP) is 2.54. The van der Waals surface area contributed by atoms with Crippen LogP contribution >= 0.6 is 0 Å². The molecule has 1 heteroatoms. The molecule has 0 aromatic carbocycles. The average molecular weight is 149 g/mol. The van der Waals surface area contributed by atoms with Gasteiger partial charge in [0.15, 0.2) is 0 Å². The van der Waals surface area contributed by atoms with Gasteiger partial charge in [0.05, 0.1) is 0 Å². The highest BCUT2D eigenvalue weighted by Crippen LogP contribution is 2.07. The Morgan fingerprint density at radius 2 is 2.00 bits per heavy atom. The third-order valence-electron chi connectivity index (χ3n) is 1.39. The van der Waals surface area contributed by atoms with Crippen molar-refractivity contribution in [1.82, 2.24) is 0 Å². The second-order valence-electron chi connectivity index (χ2n) is 2.36. The maximum absolute atomic E-state index is 5.51. The van der Waals surface area contributed by atoms with Crippen LogP contribution in [0.15, 0.2) is 48.2 Å². The van der Waals surface area contributed by atoms with Crippen LogP contribution in [0.1, 0.15) is 13.8 Å². The minimum atomic E-state index is 0.591. The molecule has 0 radical (unpaired) electrons. The summed E-state index contributed by atoms with van der Waals surface area (Å²) >= 11 is 0. The Balaban J connectivity index is 4.57. The summed E-state index contributed by atoms with van der Waals surface area (Å²) in [6.07, 6.45) is 5.66. The Labute approximate surface area is 68.6 Å². The molecule has 0 aliphatic rings. The summed E-state index contributed by atoms with van der Waals surface area (Å²) in [5, 5.41) is 0. The number of hydrogen-bond acceptors (Lipinski definition) is 1. The predicted molar refractivity (Wildman–Crippen MR) is 51.0 cm³/mol. The molecular weight excluding hydrogens is 134 g/mol. The van der Waals surface area contributed by atoms with Crippen LogP contribution in [0, 0.1) is 0 Å². The molecule has 0 aromatic rings. The van der Waals surface area contributed by atoms with Crippen LogP contribution in [0.2, 0.25) is 0 Å². The molecule has 0 aliphatic heterocycles. The largest absolute Gasteiger partial charge is 0.399 e. The van der Waals surface area contributed by atoms with Crippen molar-refractivity contribution in [2.24, 2.45) is 5.73 Å². The Hall–Kier alpha value is -1.24. The van der Waals surface area contributed by atoms with Crippen molar-refractivity contribution in [1.29, 1.82) is 0 Å². The average Bonchev–Trinajstić information content (AvgIpc) is 1.99. The topological polar surface area (TPSA) is 26.0 Å². The van der Waals surface area contributed by atoms with Gasteiger partial charge in [-0.2, -0.15) is 0 Å². The molecule has 0 rings (SSSR count). The van der Waals surface area contributed by atoms with Gasteiger partial charge in [0.2, 0.25) is 0 Å². The molecule has 11 heavy (non-hydrogen) atoms. The molecule has 1 nitrogen and oxygen atoms in total. The Kier molecular flexibility index (Phi) is 4.04. The summed E-state index contributed by atoms with van der Waals surface area (Å²) in [5.41, 5.74) is 8.15. The molecule has 0 atom stereocenters. The van der Waals surface area contributed by atoms with Crippen LogP contribution in [-0.2, 0) is 0 Å². The van der Waals surface area contributed by atoms with Crippen molar-refractivity contribution >= 4 is 0 Å². The zero-order valence-electron chi connectivity index (χ0n) is 7.22. The van der Waals surface area contributed by atoms with E-state index in [0.29, 0.717) is 5.70 Å². The summed E-state index contributed by atoms with van der Waals surface area (Å²) in [5.74, 6) is 0. The van der Waals surface area contributed by atoms with Crippen LogP contribution in [0.3, 0.4) is 0 Å². The third-order valence-corrected chi connectivity index (χ3v) is 1.39. The molecule has 0 fully saturated rings. The highest BCUT2D eigenvalue weighted by molar-refractivity contribution is 5.39. The molecular formula is C10H15N. The molecule has 60 valence electrons. The fourth-order valence-corrected chi connectivity index (χ4v) is 0.666. The summed E-state index contributed by atoms with van der Waals surface area (Å²) < 4.78 is 0. The van der Waals surface area contributed by atoms with E-state index in [9.17, 15) is 0 Å². The first-order chi connectivity index (χ1) is 5.11. The lowest BCUT2D eigenvalue weighted by molar-refractivity contribution is 1.34. The molecule has 0 spiro atoms. The van der Waals surface area contributed by atoms with E-state index in [4.69, 9.17) is 5.73 Å². The van der Waals surface area contributed by atoms with Gasteiger partial charge in [-0.25, -0.2) is 0 Å². The summed E-state index contributed by atoms with van der Waals surface area (Å²) in [6, 6.07) is 0. The zero-order valence-corrected chi connectivity index (χ0v) is 7.22. The van der Waals surface area contributed by atoms with Gasteiger partial charge in [0.1, 0.15) is 0 Å². The van der Waals surface area contributed by atoms with E-state index < -0.39 is 0 Å². The van der Waals surface area contributed by atoms with Gasteiger partial charge >= 0.3 is 0 Å². The number of nitrogens with two attached hydrogens (primary N) is 1. The minimum Gasteiger partial charge on any atom is -0.399 e. The third kappa shape index (κ3) is 3.46. The smallest absolute Gasteiger partial charge is 0.0311 e. The lowest BCUT2D eigenvalue weighted by atomic mass is 10.1. The first-order valence-corrected chi connectivity index (χ1v) is 3.53. The van der Waals surface area contributed by atoms with Gasteiger partial charge in [0, 0.05) is 5.70 Å². The van der Waals surface area contributed by atoms with Crippen molar-refractivity contribution in [2.45, 2.75) is 13.8 Å². The van der Waals surface area contributed by atoms with E-state index in [1.807, 2.05) is 26.0 Å². The van der Waals surface area contributed by atoms with Crippen LogP contribution in [0.5, 0.6) is 0 Å². The van der Waals surface area contributed by atoms with Crippen molar-refractivity contribution in [2.75, 3.05) is 0 Å². The quantitative estimate of drug-likeness (QED) is 0.613. The van der Waals surface area contributed by atoms with Crippen LogP contribution in [0.4, 0.5) is 0 Å². The SMILES string of the molecule is C=C/C(C)=C\C(=C/C)C(=C)N. The Bertz CT molecular complexity index is 219. The molecule has 0 unspecified atom stereocenters. The van der Waals surface area contributed by atoms with Gasteiger partial charge < -0.3 is 5.73 Å². The van der Waals surface area contributed by atoms with Gasteiger partial charge in [-0.1, -0.05) is 37.0 Å². The highest BCUT2D eigenvalue weighted by atomic mass is 14.6. The van der Waals surface area contributed by atoms with Crippen LogP contribution in [-0.4, -0.2) is 0 Å². The monoisotopic (exact) mass is 149 g/mol. The molecule has 0 aromatic heterocycles. The van der Waals surface area contributed by atoms with Crippen LogP contribution < -0.4 is 5.73 Å². The number of hydrogen-bond donors (Lipinski definition) is 1. The fourth-order valence-electron chi connectivity index (χ4n) is 0.666. The first-order valence-electron chi connectivity index (χ1n) is 3.53. The maximum atomic E-state index is 5.51. The Morgan fingerprint density at radius 3 is 2.27 bits per heavy atom. The van der Waals surface area contributed by atoms with E-state index in [1.165, 1.54) is 0 Å². The van der Waals surface area contributed by atoms with Gasteiger partial charge in [-0.3, -0.25) is 0 Å². The molecule has 0 heterocycles. The number of allylic oxidation sites excluding steroid dienone is 4. The van der Waals surface area contributed by atoms with E-state index in [0.717, 1.165) is 11.1 Å². The number of rotatable bonds is 3. The lowest BCUT2D eigenvalue weighted by Crippen LogP contribution is -1.96. The standard InChI is InChI=1S/C10H15N/c1-5-8(3)7-10(6-2)9(4)11/h5-7H,1,4,11H2,2-3H3/b8-7-,10-6+. The fraction of sp³-hybridized carbons (Fsp3) is 0.200. The van der Waals surface area contributed by atoms with Crippen molar-refractivity contribution in [3.05, 3.63) is 48.2 Å². The minimum absolute atomic E-state index is 0.591. The molecule has 2 N–H and O–H groups in total. The first kappa shape index (κ1) is 9.76. The van der Waals surface area contributed by atoms with Crippen molar-refractivity contribution in [3.63, 3.8) is 0 Å². The molecule has 0 aliphatic carbocycles. The van der Waals surface area contributed by atoms with E-state index in [-0.39, 0.29) is 0 Å². The van der Waals surface area contributed by atoms with E-state index >= 15 is 0 Å². The van der Waals surface area contributed by atoms with Crippen LogP contribution in [0.25, 0.3) is 0 Å². The zero-order chi connectivity index (χ0) is 8.85. The lowest BCUT2D eigenvalue weighted by Gasteiger charge is -1.99. The molecule has 0 saturated carbocycles. The Morgan fingerprint density at radius 1 is 1.45 bits per heavy atom. The van der Waals surface area contributed by atoms with Crippen molar-refractivity contribution in [3.8, 4) is 0 Å². The van der Waals surface area contributed by atoms with Gasteiger partial charge in [0.25, 0.3) is 0 Å². The second kappa shape index (κ2) is 4.56. The van der Waals surface area contributed by atoms with Gasteiger partial charge in [-0.05, 0) is 19.4 Å². The summed E-state index contributed by atoms with van der Waals surface area (Å²) in [7, 11) is 0. The summed E-state index contributed by atoms with van der Waals surface area (Å²) in [6.45, 7) is 11.2. The van der Waals surface area contributed by atoms with Crippen molar-refractivity contribution < 1.29 is 0 Å². The molecule has 0 amide bonds. The molecule has 0 bridgehead atoms. The normalized spacial score (nSPS) is 12.9. The van der Waals surface area contributed by atoms with Gasteiger partial charge in [-0.15, -0.1) is 0 Å².